The van der Waals surface area contributed by atoms with Gasteiger partial charge in [0, 0.05) is 24.2 Å². The van der Waals surface area contributed by atoms with E-state index in [2.05, 4.69) is 5.32 Å². The molecule has 2 amide bonds. The number of carboxylic acid groups (broad SMARTS) is 1. The third-order valence-electron chi connectivity index (χ3n) is 6.86. The highest BCUT2D eigenvalue weighted by Gasteiger charge is 2.23. The first-order valence-corrected chi connectivity index (χ1v) is 13.5. The van der Waals surface area contributed by atoms with E-state index in [1.165, 1.54) is 4.90 Å². The molecule has 9 heteroatoms. The number of hydrogen-bond acceptors (Lipinski definition) is 6. The molecule has 3 aromatic carbocycles. The van der Waals surface area contributed by atoms with Gasteiger partial charge >= 0.3 is 5.97 Å². The summed E-state index contributed by atoms with van der Waals surface area (Å²) < 4.78 is 16.5. The maximum Gasteiger partial charge on any atom is 0.305 e. The number of hydrogen-bond donors (Lipinski definition) is 2. The summed E-state index contributed by atoms with van der Waals surface area (Å²) in [6.07, 6.45) is 0.202. The zero-order chi connectivity index (χ0) is 30.1. The lowest BCUT2D eigenvalue weighted by Crippen LogP contribution is -2.35. The Balaban J connectivity index is 1.62. The molecule has 0 unspecified atom stereocenters. The highest BCUT2D eigenvalue weighted by molar-refractivity contribution is 6.06. The third-order valence-corrected chi connectivity index (χ3v) is 6.86. The van der Waals surface area contributed by atoms with Crippen LogP contribution in [0.25, 0.3) is 11.1 Å². The van der Waals surface area contributed by atoms with Crippen molar-refractivity contribution in [3.8, 4) is 22.6 Å². The van der Waals surface area contributed by atoms with E-state index in [1.807, 2.05) is 31.2 Å². The number of para-hydroxylation sites is 1. The summed E-state index contributed by atoms with van der Waals surface area (Å²) in [5.41, 5.74) is 2.75. The van der Waals surface area contributed by atoms with Crippen molar-refractivity contribution in [2.75, 3.05) is 27.3 Å². The first-order valence-electron chi connectivity index (χ1n) is 13.5. The van der Waals surface area contributed by atoms with Gasteiger partial charge in [-0.2, -0.15) is 0 Å². The number of furan rings is 1. The minimum atomic E-state index is -1.01. The summed E-state index contributed by atoms with van der Waals surface area (Å²) in [6.45, 7) is 2.31. The number of carboxylic acids is 1. The van der Waals surface area contributed by atoms with E-state index in [1.54, 1.807) is 68.8 Å². The van der Waals surface area contributed by atoms with Crippen molar-refractivity contribution in [2.24, 2.45) is 0 Å². The summed E-state index contributed by atoms with van der Waals surface area (Å²) >= 11 is 0. The quantitative estimate of drug-likeness (QED) is 0.222. The van der Waals surface area contributed by atoms with Crippen LogP contribution in [0.1, 0.15) is 44.2 Å². The molecule has 2 N–H and O–H groups in total. The van der Waals surface area contributed by atoms with Gasteiger partial charge < -0.3 is 29.2 Å². The summed E-state index contributed by atoms with van der Waals surface area (Å²) in [4.78, 5) is 40.2. The van der Waals surface area contributed by atoms with Crippen LogP contribution in [0.5, 0.6) is 11.5 Å². The molecule has 0 atom stereocenters. The number of benzene rings is 3. The molecule has 0 saturated carbocycles. The maximum absolute atomic E-state index is 14.0. The number of amides is 2. The number of methoxy groups -OCH3 is 2. The van der Waals surface area contributed by atoms with Crippen molar-refractivity contribution >= 4 is 17.8 Å². The van der Waals surface area contributed by atoms with Gasteiger partial charge in [0.15, 0.2) is 11.5 Å². The van der Waals surface area contributed by atoms with Crippen LogP contribution in [0.15, 0.2) is 83.3 Å². The second-order valence-electron chi connectivity index (χ2n) is 9.62. The lowest BCUT2D eigenvalue weighted by molar-refractivity contribution is -0.137. The Kier molecular flexibility index (Phi) is 9.99. The van der Waals surface area contributed by atoms with Gasteiger partial charge in [-0.1, -0.05) is 48.5 Å². The number of nitrogens with zero attached hydrogens (tertiary/aromatic N) is 1. The third kappa shape index (κ3) is 7.17. The first kappa shape index (κ1) is 29.9. The molecular weight excluding hydrogens is 536 g/mol. The first-order chi connectivity index (χ1) is 20.3. The molecule has 1 heterocycles. The largest absolute Gasteiger partial charge is 0.493 e. The lowest BCUT2D eigenvalue weighted by Gasteiger charge is -2.24. The normalized spacial score (nSPS) is 10.6. The molecule has 0 bridgehead atoms. The molecule has 4 aromatic rings. The van der Waals surface area contributed by atoms with Gasteiger partial charge in [0.1, 0.15) is 11.5 Å². The van der Waals surface area contributed by atoms with Gasteiger partial charge in [-0.15, -0.1) is 0 Å². The highest BCUT2D eigenvalue weighted by Crippen LogP contribution is 2.32. The Morgan fingerprint density at radius 1 is 0.833 bits per heavy atom. The van der Waals surface area contributed by atoms with Crippen LogP contribution in [0, 0.1) is 6.92 Å². The minimum absolute atomic E-state index is 0.0134. The Bertz CT molecular complexity index is 1560. The molecule has 4 rings (SSSR count). The summed E-state index contributed by atoms with van der Waals surface area (Å²) in [5, 5.41) is 12.3. The van der Waals surface area contributed by atoms with Gasteiger partial charge in [0.2, 0.25) is 0 Å². The van der Waals surface area contributed by atoms with E-state index in [9.17, 15) is 19.5 Å². The average molecular weight is 571 g/mol. The number of rotatable bonds is 13. The van der Waals surface area contributed by atoms with Crippen LogP contribution in [-0.2, 0) is 17.8 Å². The Hall–Kier alpha value is -5.05. The molecular formula is C33H34N2O7. The van der Waals surface area contributed by atoms with Crippen molar-refractivity contribution in [3.63, 3.8) is 0 Å². The molecule has 0 aliphatic carbocycles. The number of nitrogens with one attached hydrogen (secondary N) is 1. The molecule has 0 aliphatic heterocycles. The fourth-order valence-electron chi connectivity index (χ4n) is 4.79. The van der Waals surface area contributed by atoms with Crippen LogP contribution in [0.4, 0.5) is 0 Å². The minimum Gasteiger partial charge on any atom is -0.493 e. The Labute approximate surface area is 244 Å². The van der Waals surface area contributed by atoms with E-state index in [0.717, 1.165) is 11.3 Å². The molecule has 42 heavy (non-hydrogen) atoms. The number of ether oxygens (including phenoxy) is 2. The van der Waals surface area contributed by atoms with Gasteiger partial charge in [-0.3, -0.25) is 14.4 Å². The summed E-state index contributed by atoms with van der Waals surface area (Å²) in [6, 6.07) is 23.2. The topological polar surface area (TPSA) is 118 Å². The smallest absolute Gasteiger partial charge is 0.305 e. The molecule has 0 fully saturated rings. The standard InChI is InChI=1S/C33H34N2O7/c1-22-15-16-24(42-22)21-34-32(38)27-12-6-4-10-25(27)26-11-5-7-13-28(26)33(39)35(20-18-30(36)37)19-17-23-9-8-14-29(40-2)31(23)41-3/h4-16H,17-21H2,1-3H3,(H,34,38)(H,36,37). The predicted molar refractivity (Wildman–Crippen MR) is 158 cm³/mol. The number of carbonyl (C=O) groups is 3. The van der Waals surface area contributed by atoms with Gasteiger partial charge in [0.05, 0.1) is 27.2 Å². The van der Waals surface area contributed by atoms with E-state index >= 15 is 0 Å². The van der Waals surface area contributed by atoms with Crippen LogP contribution in [0.2, 0.25) is 0 Å². The van der Waals surface area contributed by atoms with Crippen LogP contribution >= 0.6 is 0 Å². The van der Waals surface area contributed by atoms with E-state index in [0.29, 0.717) is 45.9 Å². The zero-order valence-electron chi connectivity index (χ0n) is 23.9. The van der Waals surface area contributed by atoms with E-state index in [4.69, 9.17) is 13.9 Å². The summed E-state index contributed by atoms with van der Waals surface area (Å²) in [7, 11) is 3.10. The molecule has 0 aliphatic rings. The highest BCUT2D eigenvalue weighted by atomic mass is 16.5. The molecule has 218 valence electrons. The number of aliphatic carboxylic acids is 1. The monoisotopic (exact) mass is 570 g/mol. The summed E-state index contributed by atoms with van der Waals surface area (Å²) in [5.74, 6) is 0.870. The zero-order valence-corrected chi connectivity index (χ0v) is 23.9. The van der Waals surface area contributed by atoms with Crippen molar-refractivity contribution in [2.45, 2.75) is 26.3 Å². The number of aryl methyl sites for hydroxylation is 1. The number of carbonyl (C=O) groups excluding carboxylic acids is 2. The van der Waals surface area contributed by atoms with E-state index < -0.39 is 5.97 Å². The SMILES string of the molecule is COc1cccc(CCN(CCC(=O)O)C(=O)c2ccccc2-c2ccccc2C(=O)NCc2ccc(C)o2)c1OC. The predicted octanol–water partition coefficient (Wildman–Crippen LogP) is 5.36. The molecule has 9 nitrogen and oxygen atoms in total. The van der Waals surface area contributed by atoms with Gasteiger partial charge in [-0.05, 0) is 60.4 Å². The average Bonchev–Trinajstić information content (AvgIpc) is 3.43. The Morgan fingerprint density at radius 2 is 1.52 bits per heavy atom. The molecule has 0 radical (unpaired) electrons. The fourth-order valence-corrected chi connectivity index (χ4v) is 4.79. The van der Waals surface area contributed by atoms with Crippen molar-refractivity contribution < 1.29 is 33.4 Å². The van der Waals surface area contributed by atoms with Crippen LogP contribution in [-0.4, -0.2) is 55.1 Å². The van der Waals surface area contributed by atoms with Gasteiger partial charge in [0.25, 0.3) is 11.8 Å². The van der Waals surface area contributed by atoms with E-state index in [-0.39, 0.29) is 37.9 Å². The lowest BCUT2D eigenvalue weighted by atomic mass is 9.94. The van der Waals surface area contributed by atoms with Crippen LogP contribution < -0.4 is 14.8 Å². The molecule has 0 spiro atoms. The fraction of sp³-hybridized carbons (Fsp3) is 0.242. The van der Waals surface area contributed by atoms with Crippen molar-refractivity contribution in [1.82, 2.24) is 10.2 Å². The second kappa shape index (κ2) is 14.0. The Morgan fingerprint density at radius 3 is 2.17 bits per heavy atom. The second-order valence-corrected chi connectivity index (χ2v) is 9.62. The van der Waals surface area contributed by atoms with Crippen molar-refractivity contribution in [1.29, 1.82) is 0 Å². The van der Waals surface area contributed by atoms with Crippen LogP contribution in [0.3, 0.4) is 0 Å². The molecule has 1 aromatic heterocycles. The van der Waals surface area contributed by atoms with Gasteiger partial charge in [-0.25, -0.2) is 0 Å². The molecule has 0 saturated heterocycles. The van der Waals surface area contributed by atoms with Crippen molar-refractivity contribution in [3.05, 3.63) is 107 Å². The maximum atomic E-state index is 14.0.